The minimum absolute atomic E-state index is 0. The summed E-state index contributed by atoms with van der Waals surface area (Å²) in [4.78, 5) is 2.66. The van der Waals surface area contributed by atoms with Crippen molar-refractivity contribution in [3.63, 3.8) is 0 Å². The van der Waals surface area contributed by atoms with Crippen molar-refractivity contribution in [2.45, 2.75) is 36.8 Å². The number of methoxy groups -OCH3 is 2. The first-order valence-electron chi connectivity index (χ1n) is 10.4. The van der Waals surface area contributed by atoms with Crippen LogP contribution in [0.5, 0.6) is 11.5 Å². The highest BCUT2D eigenvalue weighted by atomic mass is 35.5. The Morgan fingerprint density at radius 1 is 1.03 bits per heavy atom. The minimum atomic E-state index is 0. The first kappa shape index (κ1) is 26.5. The molecule has 7 heteroatoms. The van der Waals surface area contributed by atoms with Crippen LogP contribution in [0.25, 0.3) is 0 Å². The first-order valence-corrected chi connectivity index (χ1v) is 12.8. The second kappa shape index (κ2) is 12.5. The molecule has 1 atom stereocenters. The smallest absolute Gasteiger partial charge is 0.160 e. The number of rotatable bonds is 9. The SMILES string of the molecule is COc1ccc(CCN(CC(C)c2ccc(Cl)cc2)C2(C)SCCCS2)cc1OC.Cl. The van der Waals surface area contributed by atoms with Gasteiger partial charge in [0.25, 0.3) is 0 Å². The third-order valence-electron chi connectivity index (χ3n) is 5.65. The van der Waals surface area contributed by atoms with Crippen LogP contribution in [-0.2, 0) is 6.42 Å². The Balaban J connectivity index is 0.00000341. The molecule has 1 aliphatic rings. The quantitative estimate of drug-likeness (QED) is 0.368. The standard InChI is InChI=1S/C24H32ClNO2S2.ClH/c1-18(20-7-9-21(25)10-8-20)17-26(24(2)29-14-5-15-30-24)13-12-19-6-11-22(27-3)23(16-19)28-4;/h6-11,16,18H,5,12-15,17H2,1-4H3;1H. The molecule has 2 aromatic carbocycles. The van der Waals surface area contributed by atoms with Crippen LogP contribution in [0.15, 0.2) is 42.5 Å². The van der Waals surface area contributed by atoms with Gasteiger partial charge >= 0.3 is 0 Å². The lowest BCUT2D eigenvalue weighted by atomic mass is 10.0. The third-order valence-corrected chi connectivity index (χ3v) is 9.19. The van der Waals surface area contributed by atoms with Crippen LogP contribution >= 0.6 is 47.5 Å². The highest BCUT2D eigenvalue weighted by molar-refractivity contribution is 8.18. The Labute approximate surface area is 207 Å². The van der Waals surface area contributed by atoms with Gasteiger partial charge in [0.1, 0.15) is 4.20 Å². The molecule has 31 heavy (non-hydrogen) atoms. The van der Waals surface area contributed by atoms with Crippen molar-refractivity contribution < 1.29 is 9.47 Å². The second-order valence-corrected chi connectivity index (χ2v) is 11.5. The van der Waals surface area contributed by atoms with Crippen LogP contribution in [0, 0.1) is 0 Å². The summed E-state index contributed by atoms with van der Waals surface area (Å²) < 4.78 is 11.0. The number of nitrogens with zero attached hydrogens (tertiary/aromatic N) is 1. The first-order chi connectivity index (χ1) is 14.4. The predicted molar refractivity (Wildman–Crippen MR) is 140 cm³/mol. The fourth-order valence-electron chi connectivity index (χ4n) is 3.79. The lowest BCUT2D eigenvalue weighted by molar-refractivity contribution is 0.236. The van der Waals surface area contributed by atoms with Gasteiger partial charge in [-0.05, 0) is 72.6 Å². The molecule has 0 spiro atoms. The zero-order chi connectivity index (χ0) is 21.6. The van der Waals surface area contributed by atoms with Gasteiger partial charge in [-0.15, -0.1) is 35.9 Å². The normalized spacial score (nSPS) is 16.5. The Hall–Kier alpha value is -0.720. The monoisotopic (exact) mass is 501 g/mol. The Morgan fingerprint density at radius 3 is 2.29 bits per heavy atom. The van der Waals surface area contributed by atoms with E-state index in [1.54, 1.807) is 14.2 Å². The van der Waals surface area contributed by atoms with E-state index in [2.05, 4.69) is 66.5 Å². The predicted octanol–water partition coefficient (Wildman–Crippen LogP) is 6.97. The Kier molecular flexibility index (Phi) is 10.7. The molecule has 3 nitrogen and oxygen atoms in total. The van der Waals surface area contributed by atoms with E-state index in [4.69, 9.17) is 21.1 Å². The zero-order valence-corrected chi connectivity index (χ0v) is 21.9. The number of hydrogen-bond acceptors (Lipinski definition) is 5. The zero-order valence-electron chi connectivity index (χ0n) is 18.7. The molecule has 0 aliphatic carbocycles. The highest BCUT2D eigenvalue weighted by Crippen LogP contribution is 2.45. The van der Waals surface area contributed by atoms with Gasteiger partial charge in [0.15, 0.2) is 11.5 Å². The fourth-order valence-corrected chi connectivity index (χ4v) is 6.97. The molecule has 172 valence electrons. The topological polar surface area (TPSA) is 21.7 Å². The van der Waals surface area contributed by atoms with Gasteiger partial charge < -0.3 is 9.47 Å². The molecule has 1 aliphatic heterocycles. The van der Waals surface area contributed by atoms with Crippen molar-refractivity contribution in [3.05, 3.63) is 58.6 Å². The third kappa shape index (κ3) is 7.13. The van der Waals surface area contributed by atoms with Gasteiger partial charge in [-0.2, -0.15) is 0 Å². The van der Waals surface area contributed by atoms with Crippen molar-refractivity contribution in [3.8, 4) is 11.5 Å². The summed E-state index contributed by atoms with van der Waals surface area (Å²) in [6.07, 6.45) is 2.27. The molecule has 0 saturated carbocycles. The summed E-state index contributed by atoms with van der Waals surface area (Å²) in [6.45, 7) is 6.73. The van der Waals surface area contributed by atoms with Gasteiger partial charge in [0, 0.05) is 18.1 Å². The van der Waals surface area contributed by atoms with Crippen molar-refractivity contribution in [1.29, 1.82) is 0 Å². The van der Waals surface area contributed by atoms with Crippen molar-refractivity contribution in [1.82, 2.24) is 4.90 Å². The van der Waals surface area contributed by atoms with Crippen LogP contribution < -0.4 is 9.47 Å². The molecule has 3 rings (SSSR count). The van der Waals surface area contributed by atoms with Gasteiger partial charge in [-0.1, -0.05) is 36.7 Å². The molecule has 0 bridgehead atoms. The van der Waals surface area contributed by atoms with E-state index in [1.165, 1.54) is 29.1 Å². The van der Waals surface area contributed by atoms with Crippen molar-refractivity contribution in [2.24, 2.45) is 0 Å². The van der Waals surface area contributed by atoms with Crippen molar-refractivity contribution >= 4 is 47.5 Å². The number of benzene rings is 2. The number of hydrogen-bond donors (Lipinski definition) is 0. The summed E-state index contributed by atoms with van der Waals surface area (Å²) in [5, 5.41) is 0.793. The molecule has 0 N–H and O–H groups in total. The summed E-state index contributed by atoms with van der Waals surface area (Å²) in [5.74, 6) is 4.47. The minimum Gasteiger partial charge on any atom is -0.493 e. The summed E-state index contributed by atoms with van der Waals surface area (Å²) in [5.41, 5.74) is 2.61. The number of thioether (sulfide) groups is 2. The fraction of sp³-hybridized carbons (Fsp3) is 0.500. The van der Waals surface area contributed by atoms with E-state index in [9.17, 15) is 0 Å². The molecule has 1 heterocycles. The second-order valence-electron chi connectivity index (χ2n) is 7.79. The maximum atomic E-state index is 6.09. The number of halogens is 2. The summed E-state index contributed by atoms with van der Waals surface area (Å²) in [7, 11) is 3.37. The van der Waals surface area contributed by atoms with Crippen LogP contribution in [0.1, 0.15) is 37.3 Å². The molecule has 0 amide bonds. The maximum absolute atomic E-state index is 6.09. The van der Waals surface area contributed by atoms with E-state index in [1.807, 2.05) is 18.2 Å². The average molecular weight is 503 g/mol. The van der Waals surface area contributed by atoms with Crippen LogP contribution in [-0.4, -0.2) is 47.9 Å². The Morgan fingerprint density at radius 2 is 1.68 bits per heavy atom. The highest BCUT2D eigenvalue weighted by Gasteiger charge is 2.35. The molecule has 1 saturated heterocycles. The lowest BCUT2D eigenvalue weighted by Crippen LogP contribution is -2.46. The molecule has 2 aromatic rings. The van der Waals surface area contributed by atoms with E-state index >= 15 is 0 Å². The van der Waals surface area contributed by atoms with E-state index in [0.29, 0.717) is 5.92 Å². The van der Waals surface area contributed by atoms with Gasteiger partial charge in [0.05, 0.1) is 14.2 Å². The van der Waals surface area contributed by atoms with Crippen molar-refractivity contribution in [2.75, 3.05) is 38.8 Å². The van der Waals surface area contributed by atoms with E-state index in [-0.39, 0.29) is 16.6 Å². The van der Waals surface area contributed by atoms with Gasteiger partial charge in [-0.25, -0.2) is 0 Å². The Bertz CT molecular complexity index is 814. The molecular weight excluding hydrogens is 469 g/mol. The average Bonchev–Trinajstić information content (AvgIpc) is 2.77. The van der Waals surface area contributed by atoms with Gasteiger partial charge in [-0.3, -0.25) is 4.90 Å². The van der Waals surface area contributed by atoms with E-state index in [0.717, 1.165) is 36.0 Å². The summed E-state index contributed by atoms with van der Waals surface area (Å²) in [6, 6.07) is 14.5. The van der Waals surface area contributed by atoms with Gasteiger partial charge in [0.2, 0.25) is 0 Å². The van der Waals surface area contributed by atoms with Crippen LogP contribution in [0.3, 0.4) is 0 Å². The molecule has 0 aromatic heterocycles. The summed E-state index contributed by atoms with van der Waals surface area (Å²) >= 11 is 10.3. The van der Waals surface area contributed by atoms with E-state index < -0.39 is 0 Å². The number of ether oxygens (including phenoxy) is 2. The molecule has 0 radical (unpaired) electrons. The lowest BCUT2D eigenvalue weighted by Gasteiger charge is -2.44. The van der Waals surface area contributed by atoms with Crippen LogP contribution in [0.2, 0.25) is 5.02 Å². The molecule has 1 unspecified atom stereocenters. The molecule has 1 fully saturated rings. The molecular formula is C24H33Cl2NO2S2. The largest absolute Gasteiger partial charge is 0.493 e. The van der Waals surface area contributed by atoms with Crippen LogP contribution in [0.4, 0.5) is 0 Å². The maximum Gasteiger partial charge on any atom is 0.160 e.